The Balaban J connectivity index is 0.535. The first-order valence-electron chi connectivity index (χ1n) is 43.9. The van der Waals surface area contributed by atoms with Gasteiger partial charge >= 0.3 is 24.1 Å². The molecule has 13 N–H and O–H groups in total. The molecule has 0 aliphatic carbocycles. The third kappa shape index (κ3) is 20.5. The number of imide groups is 1. The highest BCUT2D eigenvalue weighted by atomic mass is 19.1. The van der Waals surface area contributed by atoms with Crippen molar-refractivity contribution < 1.29 is 135 Å². The third-order valence-electron chi connectivity index (χ3n) is 24.6. The fourth-order valence-corrected chi connectivity index (χ4v) is 17.0. The van der Waals surface area contributed by atoms with Gasteiger partial charge in [-0.25, -0.2) is 37.9 Å². The maximum Gasteiger partial charge on any atom is 0.410 e. The van der Waals surface area contributed by atoms with Crippen LogP contribution in [-0.4, -0.2) is 238 Å². The van der Waals surface area contributed by atoms with E-state index in [1.54, 1.807) is 52.0 Å². The number of hydrogen-bond donors (Lipinski definition) is 13. The summed E-state index contributed by atoms with van der Waals surface area (Å²) in [6, 6.07) is 15.8. The van der Waals surface area contributed by atoms with Crippen LogP contribution in [0.5, 0.6) is 17.2 Å². The Bertz CT molecular complexity index is 6410. The average molecular weight is 1900 g/mol. The van der Waals surface area contributed by atoms with Gasteiger partial charge in [0.25, 0.3) is 22.9 Å². The zero-order valence-electron chi connectivity index (χ0n) is 75.5. The minimum absolute atomic E-state index is 0.0444. The topological polar surface area (TPSA) is 564 Å². The van der Waals surface area contributed by atoms with E-state index in [-0.39, 0.29) is 139 Å². The number of nitrogens with zero attached hydrogens (tertiary/aromatic N) is 7. The van der Waals surface area contributed by atoms with Gasteiger partial charge in [0.1, 0.15) is 73.9 Å². The number of anilines is 2. The third-order valence-corrected chi connectivity index (χ3v) is 24.6. The van der Waals surface area contributed by atoms with Gasteiger partial charge in [-0.05, 0) is 109 Å². The van der Waals surface area contributed by atoms with Crippen LogP contribution in [-0.2, 0) is 135 Å². The van der Waals surface area contributed by atoms with E-state index in [9.17, 15) is 97.8 Å². The number of cyclic esters (lactones) is 1. The predicted octanol–water partition coefficient (Wildman–Crippen LogP) is 3.07. The summed E-state index contributed by atoms with van der Waals surface area (Å²) in [4.78, 5) is 199. The lowest BCUT2D eigenvalue weighted by Crippen LogP contribution is -2.61. The number of hydrogen-bond acceptors (Lipinski definition) is 30. The number of aliphatic carboxylic acids is 1. The van der Waals surface area contributed by atoms with Gasteiger partial charge in [-0.1, -0.05) is 66.3 Å². The second-order valence-electron chi connectivity index (χ2n) is 33.7. The van der Waals surface area contributed by atoms with Gasteiger partial charge in [0, 0.05) is 96.1 Å². The summed E-state index contributed by atoms with van der Waals surface area (Å²) < 4.78 is 78.6. The Labute approximate surface area is 778 Å². The Hall–Kier alpha value is -14.7. The zero-order chi connectivity index (χ0) is 98.7. The van der Waals surface area contributed by atoms with Crippen LogP contribution in [0.4, 0.5) is 29.7 Å². The van der Waals surface area contributed by atoms with Crippen LogP contribution in [0, 0.1) is 17.6 Å². The highest BCUT2D eigenvalue weighted by Gasteiger charge is 2.50. The quantitative estimate of drug-likeness (QED) is 0.0116. The lowest BCUT2D eigenvalue weighted by atomic mass is 9.84. The van der Waals surface area contributed by atoms with Gasteiger partial charge in [0.2, 0.25) is 41.7 Å². The molecule has 0 spiro atoms. The van der Waals surface area contributed by atoms with Crippen LogP contribution >= 0.6 is 0 Å². The maximum atomic E-state index is 15.9. The number of carboxylic acid groups (broad SMARTS) is 1. The van der Waals surface area contributed by atoms with Crippen molar-refractivity contribution in [3.8, 4) is 40.0 Å². The van der Waals surface area contributed by atoms with Crippen molar-refractivity contribution in [3.63, 3.8) is 0 Å². The molecule has 0 radical (unpaired) electrons. The standard InChI is InChI=1S/C93H100F2N14O28/c1-10-50-52-27-69(60(94)31-62(52)102-77-54(50)33-108-65(77)29-58-56(85(108)121)40-130-46(8)92(58,128)12-3)135-43-98-91(127)133-39-48-16-19-67(136-88-81(118)79(116)80(117)82(137-88)87(123)124)64(26-48)101-71(111)35-105(9)73(113)22-23-96-70(110)36-106(24-25-107-74(114)20-21-75(107)115)37-72(112)104-76(44(5)6)84(120)99-45(7)83(119)100-49-17-14-47(15-18-49)38-132-90(126)97-42-134-68-28-53-51(11-2)55-34-109-66(78(55)103-63(53)32-61(68)95)30-59-57(86(109)122)41-131-89(125)93(59,129)13-4/h14-21,26-32,44-45,76,79-82,88,116-118,128-129H,8,10-13,22-25,33-43H2,1-7,9H3,(H,96,110)(H,97,126)(H,98,127)(H,99,120)(H,100,119)(H,101,111)(H,104,112)(H,123,124)/t45-,76-,79-,80-,81+,82-,88+,92+,93-/m0/s1. The number of amides is 10. The molecule has 724 valence electrons. The van der Waals surface area contributed by atoms with Crippen LogP contribution < -0.4 is 62.5 Å². The number of rotatable bonds is 36. The lowest BCUT2D eigenvalue weighted by molar-refractivity contribution is -0.271. The number of esters is 1. The number of aromatic nitrogens is 4. The molecule has 6 aliphatic heterocycles. The Morgan fingerprint density at radius 3 is 1.70 bits per heavy atom. The van der Waals surface area contributed by atoms with Crippen molar-refractivity contribution in [1.29, 1.82) is 0 Å². The van der Waals surface area contributed by atoms with Gasteiger partial charge in [-0.2, -0.15) is 0 Å². The second-order valence-corrected chi connectivity index (χ2v) is 33.7. The van der Waals surface area contributed by atoms with E-state index in [0.717, 1.165) is 45.2 Å². The normalized spacial score (nSPS) is 19.2. The predicted molar refractivity (Wildman–Crippen MR) is 477 cm³/mol. The minimum atomic E-state index is -2.11. The van der Waals surface area contributed by atoms with Crippen LogP contribution in [0.15, 0.2) is 113 Å². The molecule has 1 fully saturated rings. The molecule has 42 nitrogen and oxygen atoms in total. The van der Waals surface area contributed by atoms with Gasteiger partial charge in [-0.15, -0.1) is 0 Å². The molecule has 4 aromatic carbocycles. The van der Waals surface area contributed by atoms with Gasteiger partial charge < -0.3 is 109 Å². The number of aryl methyl sites for hydroxylation is 2. The largest absolute Gasteiger partial charge is 0.490 e. The molecule has 0 saturated carbocycles. The molecule has 10 amide bonds. The smallest absolute Gasteiger partial charge is 0.410 e. The van der Waals surface area contributed by atoms with Crippen molar-refractivity contribution in [2.45, 2.75) is 174 Å². The molecule has 44 heteroatoms. The van der Waals surface area contributed by atoms with Gasteiger partial charge in [0.05, 0.1) is 83.3 Å². The second kappa shape index (κ2) is 40.9. The molecule has 0 bridgehead atoms. The van der Waals surface area contributed by atoms with Crippen molar-refractivity contribution in [1.82, 2.24) is 60.4 Å². The summed E-state index contributed by atoms with van der Waals surface area (Å²) in [6.45, 7) is 10.7. The van der Waals surface area contributed by atoms with E-state index in [4.69, 9.17) is 47.9 Å². The SMILES string of the molecule is C=C1OCc2c(cc3n(c2=O)Cc2c-3nc3cc(F)c(OCNC(=O)OCc4ccc(O[C@@H]5O[C@H](C(=O)O)[C@@H](O)[C@H](O)[C@H]5O)c(NC(=O)CN(C)C(=O)CCNC(=O)CN(CCN5C(=O)C=CC5=O)CC(=O)N[C@H](C(=O)N[C@@H](C)C(=O)Nc5ccc(COC(=O)NCOc6cc7c(CC)c8c(nc7cc6F)-c6cc7c(c(=O)n6C8)COC(=O)[C@]7(O)CC)cc5)C(C)C)c4)cc3c2CC)[C@@]1(O)CC. The van der Waals surface area contributed by atoms with E-state index >= 15 is 8.78 Å². The summed E-state index contributed by atoms with van der Waals surface area (Å²) >= 11 is 0. The Morgan fingerprint density at radius 1 is 0.613 bits per heavy atom. The number of likely N-dealkylation sites (N-methyl/N-ethyl adjacent to an activating group) is 1. The molecule has 4 aromatic heterocycles. The maximum absolute atomic E-state index is 15.9. The molecule has 6 aliphatic rings. The summed E-state index contributed by atoms with van der Waals surface area (Å²) in [7, 11) is 1.24. The van der Waals surface area contributed by atoms with E-state index in [1.165, 1.54) is 70.5 Å². The monoisotopic (exact) mass is 1900 g/mol. The fourth-order valence-electron chi connectivity index (χ4n) is 17.0. The molecule has 9 atom stereocenters. The summed E-state index contributed by atoms with van der Waals surface area (Å²) in [5.74, 6) is -11.6. The Morgan fingerprint density at radius 2 is 1.15 bits per heavy atom. The molecule has 0 unspecified atom stereocenters. The Kier molecular flexibility index (Phi) is 29.3. The summed E-state index contributed by atoms with van der Waals surface area (Å²) in [6.07, 6.45) is -9.77. The number of carboxylic acids is 1. The van der Waals surface area contributed by atoms with Crippen LogP contribution in [0.3, 0.4) is 0 Å². The van der Waals surface area contributed by atoms with Gasteiger partial charge in [-0.3, -0.25) is 68.4 Å². The fraction of sp³-hybridized carbons (Fsp3) is 0.398. The van der Waals surface area contributed by atoms with Crippen molar-refractivity contribution in [2.75, 3.05) is 70.4 Å². The number of pyridine rings is 4. The number of carbonyl (C=O) groups is 12. The molecular weight excluding hydrogens is 1800 g/mol. The number of aliphatic hydroxyl groups excluding tert-OH is 3. The molecule has 137 heavy (non-hydrogen) atoms. The van der Waals surface area contributed by atoms with Crippen LogP contribution in [0.1, 0.15) is 123 Å². The van der Waals surface area contributed by atoms with Crippen molar-refractivity contribution in [3.05, 3.63) is 191 Å². The number of fused-ring (bicyclic) bond motifs is 10. The first-order valence-corrected chi connectivity index (χ1v) is 43.9. The van der Waals surface area contributed by atoms with Crippen LogP contribution in [0.25, 0.3) is 44.6 Å². The number of alkyl carbamates (subject to hydrolysis) is 2. The first kappa shape index (κ1) is 98.3. The van der Waals surface area contributed by atoms with E-state index in [2.05, 4.69) is 43.8 Å². The van der Waals surface area contributed by atoms with E-state index < -0.39 is 195 Å². The molecular formula is C93H100F2N14O28. The van der Waals surface area contributed by atoms with Crippen molar-refractivity contribution in [2.24, 2.45) is 5.92 Å². The van der Waals surface area contributed by atoms with Gasteiger partial charge in [0.15, 0.2) is 48.3 Å². The van der Waals surface area contributed by atoms with E-state index in [0.29, 0.717) is 68.6 Å². The highest BCUT2D eigenvalue weighted by Crippen LogP contribution is 2.46. The number of ether oxygens (including phenoxy) is 8. The average Bonchev–Trinajstić information content (AvgIpc) is 1.55. The lowest BCUT2D eigenvalue weighted by Gasteiger charge is -2.38. The number of aliphatic hydroxyl groups is 5. The zero-order valence-corrected chi connectivity index (χ0v) is 75.5. The summed E-state index contributed by atoms with van der Waals surface area (Å²) in [5, 5.41) is 83.1. The van der Waals surface area contributed by atoms with Crippen molar-refractivity contribution >= 4 is 105 Å². The number of benzene rings is 4. The molecule has 1 saturated heterocycles. The number of nitrogens with one attached hydrogen (secondary N) is 7. The highest BCUT2D eigenvalue weighted by molar-refractivity contribution is 6.13. The molecule has 8 aromatic rings. The number of carbonyl (C=O) groups excluding carboxylic acids is 11. The minimum Gasteiger partial charge on any atom is -0.490 e. The first-order chi connectivity index (χ1) is 65.2. The van der Waals surface area contributed by atoms with E-state index in [1.807, 2.05) is 13.8 Å². The molecule has 10 heterocycles. The van der Waals surface area contributed by atoms with Crippen LogP contribution in [0.2, 0.25) is 0 Å². The summed E-state index contributed by atoms with van der Waals surface area (Å²) in [5.41, 5.74) is 2.03. The number of halogens is 2. The molecule has 14 rings (SSSR count).